The zero-order valence-corrected chi connectivity index (χ0v) is 13.0. The van der Waals surface area contributed by atoms with Crippen LogP contribution in [0.3, 0.4) is 0 Å². The maximum Gasteiger partial charge on any atom is 0.437 e. The second-order valence-electron chi connectivity index (χ2n) is 6.58. The van der Waals surface area contributed by atoms with Crippen LogP contribution in [0.2, 0.25) is 0 Å². The molecule has 1 aliphatic rings. The van der Waals surface area contributed by atoms with E-state index in [9.17, 15) is 36.2 Å². The van der Waals surface area contributed by atoms with Gasteiger partial charge in [0, 0.05) is 5.92 Å². The fourth-order valence-electron chi connectivity index (χ4n) is 2.75. The number of hydrogen-bond acceptors (Lipinski definition) is 3. The number of halogens is 6. The molecule has 0 aromatic heterocycles. The second kappa shape index (κ2) is 6.14. The minimum Gasteiger partial charge on any atom is -0.439 e. The minimum atomic E-state index is -5.80. The van der Waals surface area contributed by atoms with E-state index < -0.39 is 54.2 Å². The fraction of sp³-hybridized carbons (Fsp3) is 0.929. The van der Waals surface area contributed by atoms with E-state index in [0.717, 1.165) is 13.8 Å². The van der Waals surface area contributed by atoms with Crippen molar-refractivity contribution in [2.75, 3.05) is 0 Å². The highest BCUT2D eigenvalue weighted by molar-refractivity contribution is 5.72. The first-order chi connectivity index (χ1) is 10.1. The minimum absolute atomic E-state index is 0.231. The van der Waals surface area contributed by atoms with Crippen LogP contribution in [-0.4, -0.2) is 34.6 Å². The van der Waals surface area contributed by atoms with Gasteiger partial charge in [-0.2, -0.15) is 26.3 Å². The van der Waals surface area contributed by atoms with Crippen LogP contribution in [0, 0.1) is 11.8 Å². The molecule has 9 heteroatoms. The Labute approximate surface area is 130 Å². The molecule has 1 aliphatic carbocycles. The van der Waals surface area contributed by atoms with Gasteiger partial charge in [0.25, 0.3) is 0 Å². The number of esters is 1. The summed E-state index contributed by atoms with van der Waals surface area (Å²) in [6.45, 7) is 3.67. The van der Waals surface area contributed by atoms with E-state index in [1.54, 1.807) is 0 Å². The summed E-state index contributed by atoms with van der Waals surface area (Å²) in [5, 5.41) is 9.76. The number of rotatable bonds is 3. The summed E-state index contributed by atoms with van der Waals surface area (Å²) < 4.78 is 84.5. The molecule has 0 radical (unpaired) electrons. The molecule has 1 fully saturated rings. The van der Waals surface area contributed by atoms with Crippen molar-refractivity contribution in [2.24, 2.45) is 11.8 Å². The van der Waals surface area contributed by atoms with Crippen molar-refractivity contribution in [1.82, 2.24) is 0 Å². The Kier molecular flexibility index (Phi) is 5.36. The fourth-order valence-corrected chi connectivity index (χ4v) is 2.75. The lowest BCUT2D eigenvalue weighted by atomic mass is 9.71. The van der Waals surface area contributed by atoms with Crippen LogP contribution in [0.4, 0.5) is 26.3 Å². The standard InChI is InChI=1S/C14H20F6O3/c1-8(2)10(21)23-12(13(15,16)17,14(18,19)20)9-4-6-11(3,22)7-5-9/h8-9,22H,4-7H2,1-3H3. The molecule has 0 heterocycles. The molecule has 0 unspecified atom stereocenters. The van der Waals surface area contributed by atoms with Gasteiger partial charge in [-0.25, -0.2) is 0 Å². The number of ether oxygens (including phenoxy) is 1. The van der Waals surface area contributed by atoms with Gasteiger partial charge in [0.05, 0.1) is 11.5 Å². The van der Waals surface area contributed by atoms with E-state index in [4.69, 9.17) is 0 Å². The quantitative estimate of drug-likeness (QED) is 0.618. The zero-order chi connectivity index (χ0) is 18.3. The van der Waals surface area contributed by atoms with E-state index in [-0.39, 0.29) is 12.8 Å². The molecule has 0 amide bonds. The van der Waals surface area contributed by atoms with Crippen molar-refractivity contribution in [3.8, 4) is 0 Å². The lowest BCUT2D eigenvalue weighted by Crippen LogP contribution is -2.65. The van der Waals surface area contributed by atoms with Gasteiger partial charge < -0.3 is 9.84 Å². The average Bonchev–Trinajstić information content (AvgIpc) is 2.32. The van der Waals surface area contributed by atoms with Crippen molar-refractivity contribution in [3.63, 3.8) is 0 Å². The molecule has 0 aromatic rings. The summed E-state index contributed by atoms with van der Waals surface area (Å²) in [4.78, 5) is 11.6. The van der Waals surface area contributed by atoms with Crippen LogP contribution in [0.5, 0.6) is 0 Å². The molecule has 1 N–H and O–H groups in total. The van der Waals surface area contributed by atoms with Crippen LogP contribution in [0.1, 0.15) is 46.5 Å². The molecule has 1 saturated carbocycles. The predicted octanol–water partition coefficient (Wildman–Crippen LogP) is 3.99. The molecule has 0 bridgehead atoms. The number of aliphatic hydroxyl groups is 1. The third-order valence-electron chi connectivity index (χ3n) is 4.21. The van der Waals surface area contributed by atoms with E-state index in [0.29, 0.717) is 0 Å². The Morgan fingerprint density at radius 1 is 1.09 bits per heavy atom. The molecule has 1 rings (SSSR count). The summed E-state index contributed by atoms with van der Waals surface area (Å²) in [6, 6.07) is 0. The normalized spacial score (nSPS) is 27.2. The Morgan fingerprint density at radius 3 is 1.78 bits per heavy atom. The van der Waals surface area contributed by atoms with Crippen LogP contribution in [0.15, 0.2) is 0 Å². The molecule has 0 aromatic carbocycles. The molecule has 0 aliphatic heterocycles. The third-order valence-corrected chi connectivity index (χ3v) is 4.21. The first kappa shape index (κ1) is 20.1. The van der Waals surface area contributed by atoms with Crippen molar-refractivity contribution in [1.29, 1.82) is 0 Å². The van der Waals surface area contributed by atoms with Crippen molar-refractivity contribution in [2.45, 2.75) is 70.0 Å². The van der Waals surface area contributed by atoms with Crippen LogP contribution in [0.25, 0.3) is 0 Å². The smallest absolute Gasteiger partial charge is 0.437 e. The van der Waals surface area contributed by atoms with Gasteiger partial charge in [-0.15, -0.1) is 0 Å². The van der Waals surface area contributed by atoms with Crippen LogP contribution in [-0.2, 0) is 9.53 Å². The van der Waals surface area contributed by atoms with Gasteiger partial charge >= 0.3 is 23.9 Å². The summed E-state index contributed by atoms with van der Waals surface area (Å²) >= 11 is 0. The summed E-state index contributed by atoms with van der Waals surface area (Å²) in [5.41, 5.74) is -5.86. The highest BCUT2D eigenvalue weighted by Crippen LogP contribution is 2.55. The number of carbonyl (C=O) groups is 1. The monoisotopic (exact) mass is 350 g/mol. The van der Waals surface area contributed by atoms with Gasteiger partial charge in [-0.3, -0.25) is 4.79 Å². The maximum absolute atomic E-state index is 13.4. The number of hydrogen-bond donors (Lipinski definition) is 1. The van der Waals surface area contributed by atoms with E-state index in [1.165, 1.54) is 6.92 Å². The summed E-state index contributed by atoms with van der Waals surface area (Å²) in [5.74, 6) is -4.67. The Morgan fingerprint density at radius 2 is 1.48 bits per heavy atom. The van der Waals surface area contributed by atoms with Crippen LogP contribution < -0.4 is 0 Å². The van der Waals surface area contributed by atoms with Gasteiger partial charge in [0.2, 0.25) is 0 Å². The number of carbonyl (C=O) groups excluding carboxylic acids is 1. The second-order valence-corrected chi connectivity index (χ2v) is 6.58. The predicted molar refractivity (Wildman–Crippen MR) is 68.4 cm³/mol. The van der Waals surface area contributed by atoms with Crippen molar-refractivity contribution >= 4 is 5.97 Å². The van der Waals surface area contributed by atoms with Crippen molar-refractivity contribution in [3.05, 3.63) is 0 Å². The van der Waals surface area contributed by atoms with Gasteiger partial charge in [0.1, 0.15) is 0 Å². The Hall–Kier alpha value is -0.990. The van der Waals surface area contributed by atoms with Gasteiger partial charge in [-0.1, -0.05) is 13.8 Å². The first-order valence-electron chi connectivity index (χ1n) is 7.23. The zero-order valence-electron chi connectivity index (χ0n) is 13.0. The lowest BCUT2D eigenvalue weighted by Gasteiger charge is -2.45. The molecule has 136 valence electrons. The maximum atomic E-state index is 13.4. The molecule has 23 heavy (non-hydrogen) atoms. The van der Waals surface area contributed by atoms with Gasteiger partial charge in [-0.05, 0) is 32.6 Å². The summed E-state index contributed by atoms with van der Waals surface area (Å²) in [7, 11) is 0. The van der Waals surface area contributed by atoms with Gasteiger partial charge in [0.15, 0.2) is 0 Å². The largest absolute Gasteiger partial charge is 0.439 e. The SMILES string of the molecule is CC(C)C(=O)OC(C1CCC(C)(O)CC1)(C(F)(F)F)C(F)(F)F. The lowest BCUT2D eigenvalue weighted by molar-refractivity contribution is -0.389. The van der Waals surface area contributed by atoms with Crippen molar-refractivity contribution < 1.29 is 41.0 Å². The van der Waals surface area contributed by atoms with E-state index >= 15 is 0 Å². The molecular weight excluding hydrogens is 330 g/mol. The molecule has 0 atom stereocenters. The Bertz CT molecular complexity index is 415. The third kappa shape index (κ3) is 3.92. The van der Waals surface area contributed by atoms with Crippen LogP contribution >= 0.6 is 0 Å². The Balaban J connectivity index is 3.32. The molecule has 0 saturated heterocycles. The van der Waals surface area contributed by atoms with E-state index in [2.05, 4.69) is 4.74 Å². The van der Waals surface area contributed by atoms with E-state index in [1.807, 2.05) is 0 Å². The first-order valence-corrected chi connectivity index (χ1v) is 7.23. The number of alkyl halides is 6. The molecular formula is C14H20F6O3. The molecule has 0 spiro atoms. The average molecular weight is 350 g/mol. The summed E-state index contributed by atoms with van der Waals surface area (Å²) in [6.07, 6.45) is -13.2. The highest BCUT2D eigenvalue weighted by atomic mass is 19.4. The topological polar surface area (TPSA) is 46.5 Å². The molecule has 3 nitrogen and oxygen atoms in total. The highest BCUT2D eigenvalue weighted by Gasteiger charge is 2.77.